The van der Waals surface area contributed by atoms with Crippen LogP contribution >= 0.6 is 0 Å². The van der Waals surface area contributed by atoms with Crippen LogP contribution in [0, 0.1) is 11.8 Å². The fourth-order valence-electron chi connectivity index (χ4n) is 8.32. The summed E-state index contributed by atoms with van der Waals surface area (Å²) >= 11 is 0. The molecule has 3 N–H and O–H groups in total. The number of carbonyl (C=O) groups excluding carboxylic acids is 3. The molecule has 2 fully saturated rings. The first-order valence-corrected chi connectivity index (χ1v) is 20.3. The minimum atomic E-state index is -0.664. The lowest BCUT2D eigenvalue weighted by Gasteiger charge is -2.29. The van der Waals surface area contributed by atoms with Crippen molar-refractivity contribution in [1.82, 2.24) is 35.1 Å². The van der Waals surface area contributed by atoms with Gasteiger partial charge in [0.15, 0.2) is 0 Å². The van der Waals surface area contributed by atoms with Crippen LogP contribution in [0.15, 0.2) is 65.7 Å². The summed E-state index contributed by atoms with van der Waals surface area (Å²) in [6, 6.07) is 19.3. The maximum Gasteiger partial charge on any atom is 0.407 e. The normalized spacial score (nSPS) is 18.2. The zero-order valence-corrected chi connectivity index (χ0v) is 34.2. The molecular weight excluding hydrogens is 737 g/mol. The Bertz CT molecular complexity index is 2260. The van der Waals surface area contributed by atoms with Crippen molar-refractivity contribution in [3.05, 3.63) is 72.3 Å². The molecule has 0 bridgehead atoms. The second-order valence-corrected chi connectivity index (χ2v) is 16.1. The van der Waals surface area contributed by atoms with Gasteiger partial charge in [-0.05, 0) is 96.9 Å². The van der Waals surface area contributed by atoms with Crippen LogP contribution in [0.5, 0.6) is 0 Å². The Morgan fingerprint density at radius 3 is 1.74 bits per heavy atom. The number of amides is 3. The number of rotatable bonds is 14. The van der Waals surface area contributed by atoms with E-state index >= 15 is 0 Å². The molecule has 58 heavy (non-hydrogen) atoms. The lowest BCUT2D eigenvalue weighted by Crippen LogP contribution is -2.49. The van der Waals surface area contributed by atoms with E-state index in [1.165, 1.54) is 20.6 Å². The summed E-state index contributed by atoms with van der Waals surface area (Å²) in [6.07, 6.45) is 5.08. The predicted molar refractivity (Wildman–Crippen MR) is 223 cm³/mol. The molecule has 2 aliphatic rings. The minimum Gasteiger partial charge on any atom is -0.453 e. The topological polar surface area (TPSA) is 167 Å². The van der Waals surface area contributed by atoms with Crippen molar-refractivity contribution >= 4 is 46.4 Å². The molecule has 3 amide bonds. The predicted octanol–water partition coefficient (Wildman–Crippen LogP) is 7.89. The number of alkyl carbamates (subject to hydrolysis) is 1. The van der Waals surface area contributed by atoms with Crippen LogP contribution in [0.4, 0.5) is 4.79 Å². The van der Waals surface area contributed by atoms with Gasteiger partial charge in [-0.2, -0.15) is 4.89 Å². The Labute approximate surface area is 338 Å². The molecule has 5 aromatic rings. The zero-order valence-electron chi connectivity index (χ0n) is 34.2. The van der Waals surface area contributed by atoms with E-state index in [0.717, 1.165) is 81.7 Å². The zero-order chi connectivity index (χ0) is 40.9. The third-order valence-electron chi connectivity index (χ3n) is 11.1. The molecular formula is C44H54N8O6. The highest BCUT2D eigenvalue weighted by molar-refractivity contribution is 5.88. The lowest BCUT2D eigenvalue weighted by molar-refractivity contribution is -0.188. The number of aromatic amines is 2. The molecule has 0 saturated carbocycles. The van der Waals surface area contributed by atoms with E-state index in [0.29, 0.717) is 25.9 Å². The van der Waals surface area contributed by atoms with Crippen LogP contribution in [-0.2, 0) is 24.1 Å². The Kier molecular flexibility index (Phi) is 12.4. The first-order chi connectivity index (χ1) is 28.0. The van der Waals surface area contributed by atoms with E-state index in [4.69, 9.17) is 19.6 Å². The van der Waals surface area contributed by atoms with Gasteiger partial charge in [0.2, 0.25) is 18.2 Å². The average molecular weight is 791 g/mol. The quantitative estimate of drug-likeness (QED) is 0.0442. The second kappa shape index (κ2) is 17.8. The van der Waals surface area contributed by atoms with Crippen molar-refractivity contribution in [2.24, 2.45) is 16.8 Å². The Hall–Kier alpha value is -5.76. The minimum absolute atomic E-state index is 0.0329. The molecule has 2 aromatic heterocycles. The van der Waals surface area contributed by atoms with Gasteiger partial charge in [0.25, 0.3) is 0 Å². The largest absolute Gasteiger partial charge is 0.453 e. The number of fused-ring (bicyclic) bond motifs is 2. The molecule has 14 heteroatoms. The number of carbonyl (C=O) groups is 3. The third kappa shape index (κ3) is 8.86. The van der Waals surface area contributed by atoms with Crippen LogP contribution in [0.1, 0.15) is 90.0 Å². The first kappa shape index (κ1) is 40.4. The number of nitrogens with one attached hydrogen (secondary N) is 3. The molecule has 7 rings (SSSR count). The second-order valence-electron chi connectivity index (χ2n) is 16.1. The molecule has 0 unspecified atom stereocenters. The number of H-pyrrole nitrogens is 2. The number of hydrogen-bond acceptors (Lipinski definition) is 9. The molecule has 2 aliphatic heterocycles. The van der Waals surface area contributed by atoms with Crippen molar-refractivity contribution in [2.75, 3.05) is 27.3 Å². The number of aliphatic imine (C=N–C) groups is 1. The Balaban J connectivity index is 1.06. The number of hydrogen-bond donors (Lipinski definition) is 3. The van der Waals surface area contributed by atoms with Crippen LogP contribution in [-0.4, -0.2) is 93.4 Å². The molecule has 0 aliphatic carbocycles. The van der Waals surface area contributed by atoms with Crippen LogP contribution < -0.4 is 5.32 Å². The van der Waals surface area contributed by atoms with Gasteiger partial charge in [-0.1, -0.05) is 64.1 Å². The molecule has 2 saturated heterocycles. The van der Waals surface area contributed by atoms with E-state index in [9.17, 15) is 14.4 Å². The summed E-state index contributed by atoms with van der Waals surface area (Å²) < 4.78 is 4.81. The average Bonchev–Trinajstić information content (AvgIpc) is 4.04. The van der Waals surface area contributed by atoms with Gasteiger partial charge in [0.1, 0.15) is 23.7 Å². The highest BCUT2D eigenvalue weighted by Crippen LogP contribution is 2.36. The van der Waals surface area contributed by atoms with E-state index in [1.807, 2.05) is 35.8 Å². The molecule has 14 nitrogen and oxygen atoms in total. The van der Waals surface area contributed by atoms with Gasteiger partial charge in [-0.3, -0.25) is 9.59 Å². The van der Waals surface area contributed by atoms with E-state index < -0.39 is 18.2 Å². The van der Waals surface area contributed by atoms with Gasteiger partial charge in [0, 0.05) is 13.1 Å². The number of imidazole rings is 2. The summed E-state index contributed by atoms with van der Waals surface area (Å²) in [7, 11) is 2.71. The van der Waals surface area contributed by atoms with Crippen LogP contribution in [0.3, 0.4) is 0 Å². The van der Waals surface area contributed by atoms with Crippen molar-refractivity contribution in [2.45, 2.75) is 90.4 Å². The van der Waals surface area contributed by atoms with Crippen molar-refractivity contribution in [3.8, 4) is 22.3 Å². The first-order valence-electron chi connectivity index (χ1n) is 20.3. The summed E-state index contributed by atoms with van der Waals surface area (Å²) in [6.45, 7) is 9.46. The molecule has 0 spiro atoms. The molecule has 4 heterocycles. The fourth-order valence-corrected chi connectivity index (χ4v) is 8.32. The van der Waals surface area contributed by atoms with E-state index in [2.05, 4.69) is 87.5 Å². The number of likely N-dealkylation sites (tertiary alicyclic amines) is 2. The van der Waals surface area contributed by atoms with E-state index in [-0.39, 0.29) is 35.7 Å². The van der Waals surface area contributed by atoms with Gasteiger partial charge in [0.05, 0.1) is 48.4 Å². The summed E-state index contributed by atoms with van der Waals surface area (Å²) in [5.74, 6) is 1.87. The highest BCUT2D eigenvalue weighted by atomic mass is 17.2. The molecule has 4 atom stereocenters. The van der Waals surface area contributed by atoms with Gasteiger partial charge >= 0.3 is 6.09 Å². The Morgan fingerprint density at radius 1 is 0.759 bits per heavy atom. The summed E-state index contributed by atoms with van der Waals surface area (Å²) in [5.41, 5.74) is 7.73. The fraction of sp³-hybridized carbons (Fsp3) is 0.455. The van der Waals surface area contributed by atoms with Crippen molar-refractivity contribution in [1.29, 1.82) is 0 Å². The van der Waals surface area contributed by atoms with Crippen molar-refractivity contribution < 1.29 is 28.9 Å². The van der Waals surface area contributed by atoms with Crippen molar-refractivity contribution in [3.63, 3.8) is 0 Å². The number of aromatic nitrogens is 4. The van der Waals surface area contributed by atoms with Gasteiger partial charge in [-0.15, -0.1) is 0 Å². The SMILES string of the molecule is COOC=N[C@@H](CC(C)C)C(=O)N1CCC[C@H]1c1nc2ccc(-c3ccc(-c4ccc5nc([C@@H]6CCCN6C(=O)[C@@H](CC(C)C)NC(=O)OC)[nH]c5c4)cc3)cc2[nH]1. The lowest BCUT2D eigenvalue weighted by atomic mass is 10.00. The maximum atomic E-state index is 13.7. The molecule has 306 valence electrons. The van der Waals surface area contributed by atoms with Crippen LogP contribution in [0.25, 0.3) is 44.3 Å². The molecule has 0 radical (unpaired) electrons. The highest BCUT2D eigenvalue weighted by Gasteiger charge is 2.38. The standard InChI is InChI=1S/C44H54N8O6/c1-26(2)21-36(45-25-58-57-6)42(53)51-19-7-9-38(51)40-46-32-17-15-30(23-34(32)48-40)28-11-13-29(14-12-28)31-16-18-33-35(24-31)49-41(47-33)39-10-8-20-52(39)43(54)37(22-27(3)4)50-44(55)56-5/h11-18,23-27,36-39H,7-10,19-22H2,1-6H3,(H,46,48)(H,47,49)(H,50,55)/t36-,37+,38-,39-/m0/s1. The number of nitrogens with zero attached hydrogens (tertiary/aromatic N) is 5. The smallest absolute Gasteiger partial charge is 0.407 e. The number of benzene rings is 3. The third-order valence-corrected chi connectivity index (χ3v) is 11.1. The maximum absolute atomic E-state index is 13.7. The summed E-state index contributed by atoms with van der Waals surface area (Å²) in [5, 5.41) is 2.74. The Morgan fingerprint density at radius 2 is 1.26 bits per heavy atom. The van der Waals surface area contributed by atoms with Gasteiger partial charge in [-0.25, -0.2) is 19.8 Å². The molecule has 3 aromatic carbocycles. The van der Waals surface area contributed by atoms with Crippen LogP contribution in [0.2, 0.25) is 0 Å². The van der Waals surface area contributed by atoms with Gasteiger partial charge < -0.3 is 34.7 Å². The number of ether oxygens (including phenoxy) is 1. The van der Waals surface area contributed by atoms with E-state index in [1.54, 1.807) is 0 Å². The number of methoxy groups -OCH3 is 1. The monoisotopic (exact) mass is 790 g/mol. The summed E-state index contributed by atoms with van der Waals surface area (Å²) in [4.78, 5) is 74.0.